The number of carbonyl (C=O) groups excluding carboxylic acids is 1. The Morgan fingerprint density at radius 1 is 1.32 bits per heavy atom. The van der Waals surface area contributed by atoms with E-state index in [4.69, 9.17) is 23.2 Å². The summed E-state index contributed by atoms with van der Waals surface area (Å²) in [4.78, 5) is 14.2. The second-order valence-electron chi connectivity index (χ2n) is 4.61. The summed E-state index contributed by atoms with van der Waals surface area (Å²) in [5.74, 6) is -0.127. The Labute approximate surface area is 124 Å². The summed E-state index contributed by atoms with van der Waals surface area (Å²) in [6.45, 7) is 8.82. The molecule has 0 saturated heterocycles. The normalized spacial score (nSPS) is 11.1. The van der Waals surface area contributed by atoms with Crippen LogP contribution in [-0.2, 0) is 0 Å². The van der Waals surface area contributed by atoms with Gasteiger partial charge in [0.25, 0.3) is 5.91 Å². The summed E-state index contributed by atoms with van der Waals surface area (Å²) in [6.07, 6.45) is 0. The van der Waals surface area contributed by atoms with Gasteiger partial charge in [-0.05, 0) is 38.6 Å². The van der Waals surface area contributed by atoms with E-state index >= 15 is 0 Å². The fourth-order valence-electron chi connectivity index (χ4n) is 1.83. The topological polar surface area (TPSA) is 32.3 Å². The third kappa shape index (κ3) is 5.01. The quantitative estimate of drug-likeness (QED) is 0.873. The maximum atomic E-state index is 11.9. The molecule has 0 aliphatic rings. The fourth-order valence-corrected chi connectivity index (χ4v) is 2.13. The zero-order chi connectivity index (χ0) is 14.4. The molecule has 0 bridgehead atoms. The number of nitrogens with zero attached hydrogens (tertiary/aromatic N) is 1. The van der Waals surface area contributed by atoms with Crippen molar-refractivity contribution in [3.8, 4) is 0 Å². The molecule has 3 nitrogen and oxygen atoms in total. The minimum absolute atomic E-state index is 0.127. The zero-order valence-electron chi connectivity index (χ0n) is 11.5. The Morgan fingerprint density at radius 3 is 2.53 bits per heavy atom. The van der Waals surface area contributed by atoms with E-state index in [1.165, 1.54) is 0 Å². The Balaban J connectivity index is 2.49. The molecule has 0 aromatic heterocycles. The second kappa shape index (κ2) is 7.73. The molecular weight excluding hydrogens is 283 g/mol. The lowest BCUT2D eigenvalue weighted by molar-refractivity contribution is 0.0946. The number of hydrogen-bond acceptors (Lipinski definition) is 2. The van der Waals surface area contributed by atoms with Crippen LogP contribution in [0, 0.1) is 0 Å². The molecule has 1 aromatic carbocycles. The number of carbonyl (C=O) groups is 1. The highest BCUT2D eigenvalue weighted by Gasteiger charge is 2.10. The van der Waals surface area contributed by atoms with Crippen LogP contribution < -0.4 is 5.32 Å². The minimum atomic E-state index is -0.127. The molecule has 0 unspecified atom stereocenters. The van der Waals surface area contributed by atoms with Gasteiger partial charge in [-0.15, -0.1) is 0 Å². The largest absolute Gasteiger partial charge is 0.351 e. The molecule has 0 saturated carbocycles. The van der Waals surface area contributed by atoms with Crippen molar-refractivity contribution in [3.63, 3.8) is 0 Å². The van der Waals surface area contributed by atoms with Crippen LogP contribution >= 0.6 is 23.2 Å². The van der Waals surface area contributed by atoms with Crippen LogP contribution in [0.3, 0.4) is 0 Å². The predicted octanol–water partition coefficient (Wildman–Crippen LogP) is 3.45. The number of hydrogen-bond donors (Lipinski definition) is 1. The molecule has 1 aromatic rings. The summed E-state index contributed by atoms with van der Waals surface area (Å²) in [7, 11) is 0. The lowest BCUT2D eigenvalue weighted by atomic mass is 10.2. The first-order valence-corrected chi connectivity index (χ1v) is 7.18. The van der Waals surface area contributed by atoms with Crippen molar-refractivity contribution in [2.45, 2.75) is 26.8 Å². The smallest absolute Gasteiger partial charge is 0.251 e. The highest BCUT2D eigenvalue weighted by Crippen LogP contribution is 2.22. The maximum Gasteiger partial charge on any atom is 0.251 e. The number of amides is 1. The van der Waals surface area contributed by atoms with E-state index in [2.05, 4.69) is 31.0 Å². The third-order valence-corrected chi connectivity index (χ3v) is 3.74. The molecule has 106 valence electrons. The standard InChI is InChI=1S/C14H20Cl2N2O/c1-4-18(10(2)3)8-7-17-14(19)11-5-6-12(15)13(16)9-11/h5-6,9-10H,4,7-8H2,1-3H3,(H,17,19). The van der Waals surface area contributed by atoms with Gasteiger partial charge in [-0.1, -0.05) is 30.1 Å². The number of rotatable bonds is 6. The molecule has 1 rings (SSSR count). The van der Waals surface area contributed by atoms with Gasteiger partial charge in [0.15, 0.2) is 0 Å². The molecule has 0 spiro atoms. The number of halogens is 2. The van der Waals surface area contributed by atoms with E-state index in [0.717, 1.165) is 13.1 Å². The number of benzene rings is 1. The van der Waals surface area contributed by atoms with Crippen LogP contribution in [0.2, 0.25) is 10.0 Å². The van der Waals surface area contributed by atoms with Gasteiger partial charge >= 0.3 is 0 Å². The zero-order valence-corrected chi connectivity index (χ0v) is 13.1. The molecule has 0 atom stereocenters. The van der Waals surface area contributed by atoms with Gasteiger partial charge in [-0.25, -0.2) is 0 Å². The predicted molar refractivity (Wildman–Crippen MR) is 81.2 cm³/mol. The lowest BCUT2D eigenvalue weighted by Gasteiger charge is -2.24. The monoisotopic (exact) mass is 302 g/mol. The van der Waals surface area contributed by atoms with Crippen LogP contribution in [0.5, 0.6) is 0 Å². The van der Waals surface area contributed by atoms with Crippen molar-refractivity contribution in [2.24, 2.45) is 0 Å². The summed E-state index contributed by atoms with van der Waals surface area (Å²) in [5.41, 5.74) is 0.530. The molecule has 0 fully saturated rings. The van der Waals surface area contributed by atoms with E-state index in [0.29, 0.717) is 28.2 Å². The average Bonchev–Trinajstić information content (AvgIpc) is 2.37. The summed E-state index contributed by atoms with van der Waals surface area (Å²) >= 11 is 11.7. The molecule has 1 N–H and O–H groups in total. The van der Waals surface area contributed by atoms with Crippen molar-refractivity contribution in [3.05, 3.63) is 33.8 Å². The van der Waals surface area contributed by atoms with E-state index in [1.807, 2.05) is 0 Å². The van der Waals surface area contributed by atoms with Gasteiger partial charge in [0, 0.05) is 24.7 Å². The van der Waals surface area contributed by atoms with Crippen LogP contribution in [0.1, 0.15) is 31.1 Å². The molecule has 19 heavy (non-hydrogen) atoms. The van der Waals surface area contributed by atoms with Gasteiger partial charge in [0.2, 0.25) is 0 Å². The van der Waals surface area contributed by atoms with E-state index < -0.39 is 0 Å². The SMILES string of the molecule is CCN(CCNC(=O)c1ccc(Cl)c(Cl)c1)C(C)C. The summed E-state index contributed by atoms with van der Waals surface area (Å²) in [6, 6.07) is 5.36. The lowest BCUT2D eigenvalue weighted by Crippen LogP contribution is -2.38. The van der Waals surface area contributed by atoms with Crippen LogP contribution in [0.4, 0.5) is 0 Å². The number of likely N-dealkylation sites (N-methyl/N-ethyl adjacent to an activating group) is 1. The first kappa shape index (κ1) is 16.3. The Morgan fingerprint density at radius 2 is 2.00 bits per heavy atom. The minimum Gasteiger partial charge on any atom is -0.351 e. The Bertz CT molecular complexity index is 435. The van der Waals surface area contributed by atoms with Gasteiger partial charge in [0.1, 0.15) is 0 Å². The summed E-state index contributed by atoms with van der Waals surface area (Å²) in [5, 5.41) is 3.73. The molecule has 1 amide bonds. The van der Waals surface area contributed by atoms with Crippen molar-refractivity contribution in [1.29, 1.82) is 0 Å². The molecule has 0 radical (unpaired) electrons. The Kier molecular flexibility index (Phi) is 6.63. The van der Waals surface area contributed by atoms with E-state index in [1.54, 1.807) is 18.2 Å². The molecule has 5 heteroatoms. The number of nitrogens with one attached hydrogen (secondary N) is 1. The van der Waals surface area contributed by atoms with Gasteiger partial charge < -0.3 is 5.32 Å². The van der Waals surface area contributed by atoms with Crippen LogP contribution in [0.25, 0.3) is 0 Å². The molecule has 0 heterocycles. The maximum absolute atomic E-state index is 11.9. The van der Waals surface area contributed by atoms with E-state index in [-0.39, 0.29) is 5.91 Å². The Hall–Kier alpha value is -0.770. The summed E-state index contributed by atoms with van der Waals surface area (Å²) < 4.78 is 0. The van der Waals surface area contributed by atoms with Gasteiger partial charge in [-0.3, -0.25) is 9.69 Å². The van der Waals surface area contributed by atoms with E-state index in [9.17, 15) is 4.79 Å². The van der Waals surface area contributed by atoms with Crippen LogP contribution in [0.15, 0.2) is 18.2 Å². The molecular formula is C14H20Cl2N2O. The van der Waals surface area contributed by atoms with Crippen molar-refractivity contribution < 1.29 is 4.79 Å². The highest BCUT2D eigenvalue weighted by atomic mass is 35.5. The van der Waals surface area contributed by atoms with Crippen LogP contribution in [-0.4, -0.2) is 36.5 Å². The molecule has 0 aliphatic carbocycles. The van der Waals surface area contributed by atoms with Crippen molar-refractivity contribution in [2.75, 3.05) is 19.6 Å². The van der Waals surface area contributed by atoms with Crippen molar-refractivity contribution in [1.82, 2.24) is 10.2 Å². The average molecular weight is 303 g/mol. The second-order valence-corrected chi connectivity index (χ2v) is 5.42. The highest BCUT2D eigenvalue weighted by molar-refractivity contribution is 6.42. The van der Waals surface area contributed by atoms with Gasteiger partial charge in [0.05, 0.1) is 10.0 Å². The fraction of sp³-hybridized carbons (Fsp3) is 0.500. The van der Waals surface area contributed by atoms with Crippen molar-refractivity contribution >= 4 is 29.1 Å². The first-order chi connectivity index (χ1) is 8.95. The van der Waals surface area contributed by atoms with Gasteiger partial charge in [-0.2, -0.15) is 0 Å². The first-order valence-electron chi connectivity index (χ1n) is 6.43. The molecule has 0 aliphatic heterocycles. The third-order valence-electron chi connectivity index (χ3n) is 3.00.